The third-order valence-electron chi connectivity index (χ3n) is 4.40. The van der Waals surface area contributed by atoms with Crippen molar-refractivity contribution in [1.29, 1.82) is 0 Å². The average Bonchev–Trinajstić information content (AvgIpc) is 3.12. The standard InChI is InChI=1S/C22H24N2O2S/c1-4-26-20-12-8-7-11-19(20)22-23-18(15-27-22)13-21(25)24(3)14-17-10-6-5-9-16(17)2/h5-12,15H,4,13-14H2,1-3H3. The Hall–Kier alpha value is -2.66. The quantitative estimate of drug-likeness (QED) is 0.596. The number of aromatic nitrogens is 1. The van der Waals surface area contributed by atoms with Crippen LogP contribution >= 0.6 is 11.3 Å². The minimum Gasteiger partial charge on any atom is -0.493 e. The molecule has 3 aromatic rings. The maximum atomic E-state index is 12.6. The molecule has 1 heterocycles. The van der Waals surface area contributed by atoms with Crippen molar-refractivity contribution < 1.29 is 9.53 Å². The summed E-state index contributed by atoms with van der Waals surface area (Å²) in [6.45, 7) is 5.25. The number of thiazole rings is 1. The van der Waals surface area contributed by atoms with Crippen LogP contribution in [0.25, 0.3) is 10.6 Å². The Morgan fingerprint density at radius 2 is 1.89 bits per heavy atom. The zero-order chi connectivity index (χ0) is 19.2. The summed E-state index contributed by atoms with van der Waals surface area (Å²) < 4.78 is 5.69. The Morgan fingerprint density at radius 1 is 1.15 bits per heavy atom. The molecule has 4 nitrogen and oxygen atoms in total. The highest BCUT2D eigenvalue weighted by molar-refractivity contribution is 7.13. The van der Waals surface area contributed by atoms with Gasteiger partial charge >= 0.3 is 0 Å². The van der Waals surface area contributed by atoms with E-state index in [-0.39, 0.29) is 5.91 Å². The van der Waals surface area contributed by atoms with Crippen LogP contribution in [-0.4, -0.2) is 29.4 Å². The van der Waals surface area contributed by atoms with Gasteiger partial charge in [-0.2, -0.15) is 0 Å². The number of likely N-dealkylation sites (N-methyl/N-ethyl adjacent to an activating group) is 1. The van der Waals surface area contributed by atoms with Crippen LogP contribution in [-0.2, 0) is 17.8 Å². The van der Waals surface area contributed by atoms with Gasteiger partial charge in [0.25, 0.3) is 0 Å². The van der Waals surface area contributed by atoms with Gasteiger partial charge in [0.1, 0.15) is 10.8 Å². The second kappa shape index (κ2) is 8.82. The zero-order valence-corrected chi connectivity index (χ0v) is 16.8. The Labute approximate surface area is 164 Å². The number of aryl methyl sites for hydroxylation is 1. The van der Waals surface area contributed by atoms with E-state index in [0.717, 1.165) is 27.6 Å². The van der Waals surface area contributed by atoms with Crippen LogP contribution < -0.4 is 4.74 Å². The van der Waals surface area contributed by atoms with Gasteiger partial charge in [-0.3, -0.25) is 4.79 Å². The van der Waals surface area contributed by atoms with Crippen LogP contribution in [0.5, 0.6) is 5.75 Å². The van der Waals surface area contributed by atoms with Crippen LogP contribution in [0.2, 0.25) is 0 Å². The van der Waals surface area contributed by atoms with E-state index in [1.54, 1.807) is 16.2 Å². The number of carbonyl (C=O) groups is 1. The molecule has 1 amide bonds. The third kappa shape index (κ3) is 4.74. The molecule has 2 aromatic carbocycles. The molecule has 0 aliphatic rings. The molecule has 0 bridgehead atoms. The van der Waals surface area contributed by atoms with Crippen molar-refractivity contribution >= 4 is 17.2 Å². The van der Waals surface area contributed by atoms with Crippen molar-refractivity contribution in [3.63, 3.8) is 0 Å². The third-order valence-corrected chi connectivity index (χ3v) is 5.32. The second-order valence-electron chi connectivity index (χ2n) is 6.43. The van der Waals surface area contributed by atoms with Gasteiger partial charge in [-0.25, -0.2) is 4.98 Å². The summed E-state index contributed by atoms with van der Waals surface area (Å²) >= 11 is 1.54. The van der Waals surface area contributed by atoms with E-state index in [0.29, 0.717) is 19.6 Å². The number of rotatable bonds is 7. The summed E-state index contributed by atoms with van der Waals surface area (Å²) in [6.07, 6.45) is 0.301. The van der Waals surface area contributed by atoms with Gasteiger partial charge in [-0.1, -0.05) is 36.4 Å². The topological polar surface area (TPSA) is 42.4 Å². The smallest absolute Gasteiger partial charge is 0.228 e. The van der Waals surface area contributed by atoms with Gasteiger partial charge < -0.3 is 9.64 Å². The lowest BCUT2D eigenvalue weighted by Gasteiger charge is -2.18. The molecular weight excluding hydrogens is 356 g/mol. The molecular formula is C22H24N2O2S. The molecule has 0 aliphatic carbocycles. The monoisotopic (exact) mass is 380 g/mol. The van der Waals surface area contributed by atoms with Crippen molar-refractivity contribution in [2.24, 2.45) is 0 Å². The fourth-order valence-electron chi connectivity index (χ4n) is 2.86. The Kier molecular flexibility index (Phi) is 6.24. The molecule has 3 rings (SSSR count). The van der Waals surface area contributed by atoms with E-state index in [2.05, 4.69) is 24.0 Å². The number of ether oxygens (including phenoxy) is 1. The summed E-state index contributed by atoms with van der Waals surface area (Å²) in [7, 11) is 1.84. The molecule has 5 heteroatoms. The summed E-state index contributed by atoms with van der Waals surface area (Å²) in [4.78, 5) is 19.0. The van der Waals surface area contributed by atoms with E-state index >= 15 is 0 Å². The number of nitrogens with zero attached hydrogens (tertiary/aromatic N) is 2. The molecule has 0 radical (unpaired) electrons. The second-order valence-corrected chi connectivity index (χ2v) is 7.28. The van der Waals surface area contributed by atoms with Crippen molar-refractivity contribution in [2.45, 2.75) is 26.8 Å². The van der Waals surface area contributed by atoms with Gasteiger partial charge in [0.2, 0.25) is 5.91 Å². The largest absolute Gasteiger partial charge is 0.493 e. The summed E-state index contributed by atoms with van der Waals surface area (Å²) in [5, 5.41) is 2.83. The van der Waals surface area contributed by atoms with E-state index < -0.39 is 0 Å². The average molecular weight is 381 g/mol. The number of hydrogen-bond acceptors (Lipinski definition) is 4. The van der Waals surface area contributed by atoms with Crippen molar-refractivity contribution in [2.75, 3.05) is 13.7 Å². The molecule has 27 heavy (non-hydrogen) atoms. The van der Waals surface area contributed by atoms with E-state index in [4.69, 9.17) is 4.74 Å². The Morgan fingerprint density at radius 3 is 2.67 bits per heavy atom. The highest BCUT2D eigenvalue weighted by atomic mass is 32.1. The molecule has 0 atom stereocenters. The molecule has 0 fully saturated rings. The van der Waals surface area contributed by atoms with Gasteiger partial charge in [0.15, 0.2) is 0 Å². The number of benzene rings is 2. The van der Waals surface area contributed by atoms with Gasteiger partial charge in [0, 0.05) is 19.0 Å². The number of para-hydroxylation sites is 1. The van der Waals surface area contributed by atoms with Crippen LogP contribution in [0, 0.1) is 6.92 Å². The first-order chi connectivity index (χ1) is 13.1. The first-order valence-corrected chi connectivity index (χ1v) is 9.91. The fourth-order valence-corrected chi connectivity index (χ4v) is 3.71. The van der Waals surface area contributed by atoms with Crippen LogP contribution in [0.3, 0.4) is 0 Å². The molecule has 140 valence electrons. The van der Waals surface area contributed by atoms with Gasteiger partial charge in [-0.05, 0) is 37.1 Å². The molecule has 0 saturated heterocycles. The normalized spacial score (nSPS) is 10.6. The van der Waals surface area contributed by atoms with Crippen LogP contribution in [0.4, 0.5) is 0 Å². The molecule has 0 saturated carbocycles. The van der Waals surface area contributed by atoms with Crippen molar-refractivity contribution in [3.8, 4) is 16.3 Å². The predicted octanol–water partition coefficient (Wildman–Crippen LogP) is 4.72. The SMILES string of the molecule is CCOc1ccccc1-c1nc(CC(=O)N(C)Cc2ccccc2C)cs1. The molecule has 0 N–H and O–H groups in total. The summed E-state index contributed by atoms with van der Waals surface area (Å²) in [5.41, 5.74) is 4.12. The summed E-state index contributed by atoms with van der Waals surface area (Å²) in [6, 6.07) is 16.0. The molecule has 0 unspecified atom stereocenters. The first-order valence-electron chi connectivity index (χ1n) is 9.03. The molecule has 1 aromatic heterocycles. The fraction of sp³-hybridized carbons (Fsp3) is 0.273. The van der Waals surface area contributed by atoms with Crippen molar-refractivity contribution in [1.82, 2.24) is 9.88 Å². The maximum absolute atomic E-state index is 12.6. The minimum absolute atomic E-state index is 0.0631. The minimum atomic E-state index is 0.0631. The number of carbonyl (C=O) groups excluding carboxylic acids is 1. The van der Waals surface area contributed by atoms with E-state index in [9.17, 15) is 4.79 Å². The summed E-state index contributed by atoms with van der Waals surface area (Å²) in [5.74, 6) is 0.886. The highest BCUT2D eigenvalue weighted by Gasteiger charge is 2.15. The lowest BCUT2D eigenvalue weighted by molar-refractivity contribution is -0.129. The lowest BCUT2D eigenvalue weighted by atomic mass is 10.1. The highest BCUT2D eigenvalue weighted by Crippen LogP contribution is 2.32. The Bertz CT molecular complexity index is 920. The lowest BCUT2D eigenvalue weighted by Crippen LogP contribution is -2.28. The van der Waals surface area contributed by atoms with E-state index in [1.165, 1.54) is 5.56 Å². The van der Waals surface area contributed by atoms with Crippen LogP contribution in [0.1, 0.15) is 23.7 Å². The van der Waals surface area contributed by atoms with Crippen molar-refractivity contribution in [3.05, 3.63) is 70.7 Å². The van der Waals surface area contributed by atoms with Gasteiger partial charge in [-0.15, -0.1) is 11.3 Å². The zero-order valence-electron chi connectivity index (χ0n) is 15.9. The molecule has 0 aliphatic heterocycles. The van der Waals surface area contributed by atoms with Crippen LogP contribution in [0.15, 0.2) is 53.9 Å². The maximum Gasteiger partial charge on any atom is 0.228 e. The predicted molar refractivity (Wildman–Crippen MR) is 110 cm³/mol. The van der Waals surface area contributed by atoms with Gasteiger partial charge in [0.05, 0.1) is 24.3 Å². The first kappa shape index (κ1) is 19.1. The molecule has 0 spiro atoms. The number of amides is 1. The van der Waals surface area contributed by atoms with E-state index in [1.807, 2.05) is 55.7 Å². The number of hydrogen-bond donors (Lipinski definition) is 0. The Balaban J connectivity index is 1.69.